The predicted octanol–water partition coefficient (Wildman–Crippen LogP) is 3.08. The number of nitrogens with zero attached hydrogens (tertiary/aromatic N) is 2. The van der Waals surface area contributed by atoms with E-state index in [1.165, 1.54) is 13.8 Å². The monoisotopic (exact) mass is 732 g/mol. The topological polar surface area (TPSA) is 189 Å². The molecule has 6 atom stereocenters. The van der Waals surface area contributed by atoms with Crippen LogP contribution in [0.25, 0.3) is 0 Å². The lowest BCUT2D eigenvalue weighted by molar-refractivity contribution is -0.150. The molecule has 14 heteroatoms. The number of fused-ring (bicyclic) bond motifs is 2. The number of anilines is 3. The van der Waals surface area contributed by atoms with Crippen LogP contribution in [0.15, 0.2) is 72.8 Å². The zero-order valence-corrected chi connectivity index (χ0v) is 31.1. The van der Waals surface area contributed by atoms with E-state index < -0.39 is 61.4 Å². The van der Waals surface area contributed by atoms with Crippen LogP contribution in [0.1, 0.15) is 43.9 Å². The fourth-order valence-corrected chi connectivity index (χ4v) is 10.0. The summed E-state index contributed by atoms with van der Waals surface area (Å²) in [7, 11) is -3.15. The van der Waals surface area contributed by atoms with Crippen LogP contribution in [0.5, 0.6) is 0 Å². The smallest absolute Gasteiger partial charge is 0.264 e. The molecule has 4 amide bonds. The first-order valence-electron chi connectivity index (χ1n) is 17.4. The Bertz CT molecular complexity index is 1800. The molecule has 0 bridgehead atoms. The number of carbonyl (C=O) groups excluding carboxylic acids is 4. The average molecular weight is 733 g/mol. The maximum Gasteiger partial charge on any atom is 0.264 e. The minimum Gasteiger partial charge on any atom is -0.432 e. The van der Waals surface area contributed by atoms with Crippen LogP contribution >= 0.6 is 0 Å². The summed E-state index contributed by atoms with van der Waals surface area (Å²) in [5, 5.41) is 34.7. The second-order valence-electron chi connectivity index (χ2n) is 14.2. The molecule has 3 aromatic rings. The molecule has 0 radical (unpaired) electrons. The Labute approximate surface area is 304 Å². The van der Waals surface area contributed by atoms with E-state index in [9.17, 15) is 39.3 Å². The number of amides is 4. The second kappa shape index (κ2) is 15.7. The van der Waals surface area contributed by atoms with Crippen LogP contribution in [-0.4, -0.2) is 88.4 Å². The Morgan fingerprint density at radius 2 is 1.54 bits per heavy atom. The van der Waals surface area contributed by atoms with E-state index in [2.05, 4.69) is 10.6 Å². The van der Waals surface area contributed by atoms with Gasteiger partial charge in [0.15, 0.2) is 13.9 Å². The number of aliphatic hydroxyl groups is 3. The van der Waals surface area contributed by atoms with E-state index in [1.54, 1.807) is 65.4 Å². The molecule has 1 spiro atoms. The van der Waals surface area contributed by atoms with Crippen LogP contribution in [-0.2, 0) is 42.6 Å². The van der Waals surface area contributed by atoms with Gasteiger partial charge in [-0.15, -0.1) is 0 Å². The van der Waals surface area contributed by atoms with E-state index in [1.807, 2.05) is 37.3 Å². The van der Waals surface area contributed by atoms with Crippen molar-refractivity contribution in [2.75, 3.05) is 28.7 Å². The molecular weight excluding hydrogens is 685 g/mol. The van der Waals surface area contributed by atoms with E-state index in [4.69, 9.17) is 4.74 Å². The Morgan fingerprint density at radius 1 is 0.923 bits per heavy atom. The second-order valence-corrected chi connectivity index (χ2v) is 18.2. The highest BCUT2D eigenvalue weighted by Crippen LogP contribution is 2.60. The zero-order valence-electron chi connectivity index (χ0n) is 30.1. The lowest BCUT2D eigenvalue weighted by Crippen LogP contribution is -2.46. The Balaban J connectivity index is 1.54. The van der Waals surface area contributed by atoms with Crippen LogP contribution < -0.4 is 15.5 Å². The molecule has 3 aromatic carbocycles. The van der Waals surface area contributed by atoms with Gasteiger partial charge in [-0.1, -0.05) is 49.4 Å². The summed E-state index contributed by atoms with van der Waals surface area (Å²) < 4.78 is 6.85. The molecule has 0 unspecified atom stereocenters. The number of carbonyl (C=O) groups is 4. The molecule has 278 valence electrons. The molecule has 0 saturated carbocycles. The minimum absolute atomic E-state index is 0.0665. The Hall–Kier alpha value is -4.44. The van der Waals surface area contributed by atoms with E-state index >= 15 is 0 Å². The van der Waals surface area contributed by atoms with Gasteiger partial charge in [-0.05, 0) is 68.4 Å². The van der Waals surface area contributed by atoms with Crippen LogP contribution in [0.4, 0.5) is 17.1 Å². The number of ether oxygens (including phenoxy) is 1. The van der Waals surface area contributed by atoms with Crippen molar-refractivity contribution in [1.82, 2.24) is 4.90 Å². The fraction of sp³-hybridized carbons (Fsp3) is 0.421. The standard InChI is InChI=1S/C38H48N4O9Si/c1-23-34(52(4,5)50)32(20-33(46)41(16-17-43)21-26-10-7-6-8-11-26)51-38(23)30-19-29(40-36(48)25(3)45)14-15-31(30)42(37(38)49)22-27-12-9-13-28(18-27)39-35(47)24(2)44/h6-15,18-19,23-25,32,34,43-45,50H,16-17,20-22H2,1-5H3,(H,39,47)(H,40,48)/t23-,24+,25+,32+,34-,38+/m1/s1. The van der Waals surface area contributed by atoms with Gasteiger partial charge in [-0.25, -0.2) is 0 Å². The quantitative estimate of drug-likeness (QED) is 0.144. The third kappa shape index (κ3) is 7.97. The first kappa shape index (κ1) is 38.8. The van der Waals surface area contributed by atoms with Crippen molar-refractivity contribution >= 4 is 49.0 Å². The van der Waals surface area contributed by atoms with Crippen molar-refractivity contribution in [3.63, 3.8) is 0 Å². The summed E-state index contributed by atoms with van der Waals surface area (Å²) in [5.74, 6) is -2.55. The average Bonchev–Trinajstić information content (AvgIpc) is 3.50. The van der Waals surface area contributed by atoms with Gasteiger partial charge in [0.1, 0.15) is 12.2 Å². The van der Waals surface area contributed by atoms with Gasteiger partial charge in [0.25, 0.3) is 17.7 Å². The number of benzene rings is 3. The maximum atomic E-state index is 15.0. The number of rotatable bonds is 13. The Morgan fingerprint density at radius 3 is 2.13 bits per heavy atom. The van der Waals surface area contributed by atoms with Crippen molar-refractivity contribution in [3.05, 3.63) is 89.5 Å². The molecular formula is C38H48N4O9Si. The molecule has 5 rings (SSSR count). The highest BCUT2D eigenvalue weighted by molar-refractivity contribution is 6.71. The van der Waals surface area contributed by atoms with Gasteiger partial charge >= 0.3 is 0 Å². The van der Waals surface area contributed by atoms with Gasteiger partial charge in [0, 0.05) is 41.5 Å². The summed E-state index contributed by atoms with van der Waals surface area (Å²) in [6, 6.07) is 21.2. The number of aliphatic hydroxyl groups excluding tert-OH is 3. The summed E-state index contributed by atoms with van der Waals surface area (Å²) in [4.78, 5) is 68.4. The van der Waals surface area contributed by atoms with Crippen molar-refractivity contribution in [1.29, 1.82) is 0 Å². The molecule has 52 heavy (non-hydrogen) atoms. The first-order valence-corrected chi connectivity index (χ1v) is 20.4. The summed E-state index contributed by atoms with van der Waals surface area (Å²) in [6.45, 7) is 8.22. The number of hydrogen-bond acceptors (Lipinski definition) is 9. The van der Waals surface area contributed by atoms with Crippen LogP contribution in [0.2, 0.25) is 18.6 Å². The van der Waals surface area contributed by atoms with E-state index in [0.717, 1.165) is 5.56 Å². The van der Waals surface area contributed by atoms with Crippen molar-refractivity contribution in [3.8, 4) is 0 Å². The molecule has 0 aromatic heterocycles. The van der Waals surface area contributed by atoms with Gasteiger partial charge in [-0.3, -0.25) is 19.2 Å². The predicted molar refractivity (Wildman–Crippen MR) is 197 cm³/mol. The molecule has 13 nitrogen and oxygen atoms in total. The van der Waals surface area contributed by atoms with Crippen LogP contribution in [0.3, 0.4) is 0 Å². The van der Waals surface area contributed by atoms with Crippen LogP contribution in [0, 0.1) is 5.92 Å². The Kier molecular flexibility index (Phi) is 11.7. The lowest BCUT2D eigenvalue weighted by atomic mass is 9.82. The third-order valence-corrected chi connectivity index (χ3v) is 12.4. The highest BCUT2D eigenvalue weighted by Gasteiger charge is 2.66. The van der Waals surface area contributed by atoms with Gasteiger partial charge < -0.3 is 45.3 Å². The molecule has 2 heterocycles. The third-order valence-electron chi connectivity index (χ3n) is 9.86. The van der Waals surface area contributed by atoms with E-state index in [-0.39, 0.29) is 38.6 Å². The first-order chi connectivity index (χ1) is 24.6. The van der Waals surface area contributed by atoms with Gasteiger partial charge in [-0.2, -0.15) is 0 Å². The zero-order chi connectivity index (χ0) is 38.0. The molecule has 1 fully saturated rings. The summed E-state index contributed by atoms with van der Waals surface area (Å²) in [5.41, 5.74) is 1.02. The highest BCUT2D eigenvalue weighted by atomic mass is 28.4. The summed E-state index contributed by atoms with van der Waals surface area (Å²) in [6.07, 6.45) is -3.52. The lowest BCUT2D eigenvalue weighted by Gasteiger charge is -2.32. The molecule has 2 aliphatic heterocycles. The SMILES string of the molecule is C[C@H](O)C(=O)Nc1cccc(CN2C(=O)[C@@]3(O[C@@H](CC(=O)N(CCO)Cc4ccccc4)[C@H]([Si](C)(C)O)[C@H]3C)c3cc(NC(=O)[C@H](C)O)ccc32)c1. The minimum atomic E-state index is -3.15. The number of nitrogens with one attached hydrogen (secondary N) is 2. The number of hydrogen-bond donors (Lipinski definition) is 6. The van der Waals surface area contributed by atoms with Crippen molar-refractivity contribution < 1.29 is 44.0 Å². The molecule has 2 aliphatic rings. The maximum absolute atomic E-state index is 15.0. The fourth-order valence-electron chi connectivity index (χ4n) is 7.45. The molecule has 6 N–H and O–H groups in total. The van der Waals surface area contributed by atoms with Crippen molar-refractivity contribution in [2.45, 2.75) is 82.8 Å². The summed E-state index contributed by atoms with van der Waals surface area (Å²) >= 11 is 0. The van der Waals surface area contributed by atoms with Gasteiger partial charge in [0.05, 0.1) is 31.4 Å². The molecule has 0 aliphatic carbocycles. The largest absolute Gasteiger partial charge is 0.432 e. The molecule has 1 saturated heterocycles. The van der Waals surface area contributed by atoms with E-state index in [0.29, 0.717) is 28.2 Å². The van der Waals surface area contributed by atoms with Gasteiger partial charge in [0.2, 0.25) is 5.91 Å². The van der Waals surface area contributed by atoms with Crippen molar-refractivity contribution in [2.24, 2.45) is 5.92 Å². The normalized spacial score (nSPS) is 22.2.